The quantitative estimate of drug-likeness (QED) is 0.782. The molecule has 1 aromatic rings. The van der Waals surface area contributed by atoms with E-state index in [-0.39, 0.29) is 17.9 Å². The van der Waals surface area contributed by atoms with Crippen LogP contribution in [0.3, 0.4) is 0 Å². The monoisotopic (exact) mass is 347 g/mol. The highest BCUT2D eigenvalue weighted by atomic mass is 16.2. The van der Waals surface area contributed by atoms with Gasteiger partial charge in [-0.2, -0.15) is 5.10 Å². The number of hydrogen-bond donors (Lipinski definition) is 0. The minimum Gasteiger partial charge on any atom is -0.348 e. The van der Waals surface area contributed by atoms with Crippen molar-refractivity contribution in [1.82, 2.24) is 24.5 Å². The molecule has 0 unspecified atom stereocenters. The molecular weight excluding hydrogens is 318 g/mol. The van der Waals surface area contributed by atoms with E-state index in [1.54, 1.807) is 25.2 Å². The van der Waals surface area contributed by atoms with E-state index in [0.717, 1.165) is 38.2 Å². The first-order chi connectivity index (χ1) is 11.9. The Morgan fingerprint density at radius 2 is 2.04 bits per heavy atom. The van der Waals surface area contributed by atoms with Gasteiger partial charge in [0.1, 0.15) is 0 Å². The lowest BCUT2D eigenvalue weighted by molar-refractivity contribution is -0.135. The summed E-state index contributed by atoms with van der Waals surface area (Å²) >= 11 is 0. The molecule has 0 aliphatic carbocycles. The maximum Gasteiger partial charge on any atom is 0.236 e. The lowest BCUT2D eigenvalue weighted by Crippen LogP contribution is -2.48. The second kappa shape index (κ2) is 7.56. The first-order valence-corrected chi connectivity index (χ1v) is 9.14. The van der Waals surface area contributed by atoms with Gasteiger partial charge in [-0.15, -0.1) is 0 Å². The zero-order valence-electron chi connectivity index (χ0n) is 15.5. The van der Waals surface area contributed by atoms with Gasteiger partial charge in [-0.1, -0.05) is 0 Å². The zero-order chi connectivity index (χ0) is 18.0. The van der Waals surface area contributed by atoms with Gasteiger partial charge in [0.05, 0.1) is 6.54 Å². The van der Waals surface area contributed by atoms with Crippen LogP contribution in [0.1, 0.15) is 25.0 Å². The topological polar surface area (TPSA) is 61.7 Å². The number of carbonyl (C=O) groups excluding carboxylic acids is 2. The van der Waals surface area contributed by atoms with Crippen molar-refractivity contribution in [2.75, 3.05) is 40.3 Å². The van der Waals surface area contributed by atoms with Crippen LogP contribution < -0.4 is 0 Å². The second-order valence-corrected chi connectivity index (χ2v) is 7.57. The highest BCUT2D eigenvalue weighted by Crippen LogP contribution is 2.28. The Kier molecular flexibility index (Phi) is 5.42. The minimum atomic E-state index is 0.133. The molecule has 1 aromatic heterocycles. The van der Waals surface area contributed by atoms with Gasteiger partial charge >= 0.3 is 0 Å². The molecule has 0 aromatic carbocycles. The van der Waals surface area contributed by atoms with Crippen molar-refractivity contribution in [3.8, 4) is 0 Å². The number of piperidine rings is 1. The Bertz CT molecular complexity index is 627. The predicted octanol–water partition coefficient (Wildman–Crippen LogP) is 0.593. The summed E-state index contributed by atoms with van der Waals surface area (Å²) in [6, 6.07) is 2.19. The smallest absolute Gasteiger partial charge is 0.236 e. The van der Waals surface area contributed by atoms with Crippen LogP contribution in [-0.2, 0) is 16.1 Å². The molecule has 3 aliphatic heterocycles. The molecule has 25 heavy (non-hydrogen) atoms. The summed E-state index contributed by atoms with van der Waals surface area (Å²) in [5.41, 5.74) is 1.08. The summed E-state index contributed by atoms with van der Waals surface area (Å²) in [5.74, 6) is 0.822. The number of aryl methyl sites for hydroxylation is 2. The fourth-order valence-electron chi connectivity index (χ4n) is 3.92. The van der Waals surface area contributed by atoms with Gasteiger partial charge in [0.2, 0.25) is 11.8 Å². The van der Waals surface area contributed by atoms with E-state index >= 15 is 0 Å². The van der Waals surface area contributed by atoms with Crippen LogP contribution in [0.15, 0.2) is 12.3 Å². The van der Waals surface area contributed by atoms with E-state index in [1.165, 1.54) is 0 Å². The third-order valence-electron chi connectivity index (χ3n) is 5.43. The van der Waals surface area contributed by atoms with Crippen LogP contribution >= 0.6 is 0 Å². The summed E-state index contributed by atoms with van der Waals surface area (Å²) in [6.45, 7) is 5.64. The average molecular weight is 347 g/mol. The van der Waals surface area contributed by atoms with Gasteiger partial charge in [0.25, 0.3) is 0 Å². The van der Waals surface area contributed by atoms with Crippen molar-refractivity contribution in [3.05, 3.63) is 18.0 Å². The van der Waals surface area contributed by atoms with Crippen molar-refractivity contribution in [2.45, 2.75) is 38.8 Å². The molecule has 3 fully saturated rings. The number of amides is 2. The molecule has 0 saturated carbocycles. The van der Waals surface area contributed by atoms with E-state index in [1.807, 2.05) is 17.7 Å². The number of rotatable bonds is 5. The van der Waals surface area contributed by atoms with Gasteiger partial charge < -0.3 is 9.80 Å². The van der Waals surface area contributed by atoms with Gasteiger partial charge in [-0.05, 0) is 31.7 Å². The molecule has 2 amide bonds. The Labute approximate surface area is 149 Å². The predicted molar refractivity (Wildman–Crippen MR) is 94.9 cm³/mol. The second-order valence-electron chi connectivity index (χ2n) is 7.57. The van der Waals surface area contributed by atoms with Crippen molar-refractivity contribution in [3.63, 3.8) is 0 Å². The maximum absolute atomic E-state index is 12.8. The normalized spacial score (nSPS) is 23.6. The Morgan fingerprint density at radius 1 is 1.24 bits per heavy atom. The van der Waals surface area contributed by atoms with Gasteiger partial charge in [-0.3, -0.25) is 19.2 Å². The number of nitrogens with zero attached hydrogens (tertiary/aromatic N) is 5. The third kappa shape index (κ3) is 4.21. The molecule has 0 radical (unpaired) electrons. The Balaban J connectivity index is 1.59. The Hall–Kier alpha value is -1.89. The third-order valence-corrected chi connectivity index (χ3v) is 5.43. The van der Waals surface area contributed by atoms with Crippen molar-refractivity contribution >= 4 is 11.8 Å². The van der Waals surface area contributed by atoms with Crippen LogP contribution in [0.4, 0.5) is 0 Å². The highest BCUT2D eigenvalue weighted by Gasteiger charge is 2.37. The minimum absolute atomic E-state index is 0.133. The van der Waals surface area contributed by atoms with E-state index in [4.69, 9.17) is 0 Å². The zero-order valence-corrected chi connectivity index (χ0v) is 15.5. The van der Waals surface area contributed by atoms with Crippen LogP contribution in [0.5, 0.6) is 0 Å². The molecule has 0 N–H and O–H groups in total. The van der Waals surface area contributed by atoms with Crippen LogP contribution in [0.25, 0.3) is 0 Å². The highest BCUT2D eigenvalue weighted by molar-refractivity contribution is 5.78. The fraction of sp³-hybridized carbons (Fsp3) is 0.722. The number of likely N-dealkylation sites (N-methyl/N-ethyl adjacent to an activating group) is 1. The lowest BCUT2D eigenvalue weighted by atomic mass is 9.94. The van der Waals surface area contributed by atoms with Crippen molar-refractivity contribution in [1.29, 1.82) is 0 Å². The number of aromatic nitrogens is 2. The van der Waals surface area contributed by atoms with E-state index in [0.29, 0.717) is 25.4 Å². The molecule has 2 bridgehead atoms. The molecule has 4 rings (SSSR count). The molecule has 7 nitrogen and oxygen atoms in total. The number of fused-ring (bicyclic) bond motifs is 4. The van der Waals surface area contributed by atoms with Crippen molar-refractivity contribution < 1.29 is 9.59 Å². The standard InChI is InChI=1S/C18H29N5O2/c1-14-6-8-19-23(14)9-7-17(24)22-11-15-4-5-16(22)12-21(10-15)13-18(25)20(2)3/h6,8,15-16H,4-5,7,9-13H2,1-3H3/t15-,16+/m0/s1. The molecule has 4 heterocycles. The fourth-order valence-corrected chi connectivity index (χ4v) is 3.92. The lowest BCUT2D eigenvalue weighted by Gasteiger charge is -2.36. The molecule has 2 atom stereocenters. The van der Waals surface area contributed by atoms with Crippen LogP contribution in [-0.4, -0.2) is 82.6 Å². The molecule has 3 saturated heterocycles. The van der Waals surface area contributed by atoms with Crippen molar-refractivity contribution in [2.24, 2.45) is 5.92 Å². The summed E-state index contributed by atoms with van der Waals surface area (Å²) in [4.78, 5) is 30.7. The van der Waals surface area contributed by atoms with E-state index in [9.17, 15) is 9.59 Å². The van der Waals surface area contributed by atoms with E-state index < -0.39 is 0 Å². The largest absolute Gasteiger partial charge is 0.348 e. The van der Waals surface area contributed by atoms with E-state index in [2.05, 4.69) is 14.9 Å². The summed E-state index contributed by atoms with van der Waals surface area (Å²) in [6.07, 6.45) is 4.46. The molecule has 3 aliphatic rings. The molecule has 138 valence electrons. The van der Waals surface area contributed by atoms with Crippen LogP contribution in [0, 0.1) is 12.8 Å². The number of carbonyl (C=O) groups is 2. The number of hydrogen-bond acceptors (Lipinski definition) is 4. The van der Waals surface area contributed by atoms with Crippen LogP contribution in [0.2, 0.25) is 0 Å². The summed E-state index contributed by atoms with van der Waals surface area (Å²) < 4.78 is 1.88. The maximum atomic E-state index is 12.8. The first-order valence-electron chi connectivity index (χ1n) is 9.14. The molecular formula is C18H29N5O2. The molecule has 0 spiro atoms. The average Bonchev–Trinajstić information content (AvgIpc) is 2.79. The molecule has 7 heteroatoms. The summed E-state index contributed by atoms with van der Waals surface area (Å²) in [7, 11) is 3.59. The van der Waals surface area contributed by atoms with Gasteiger partial charge in [-0.25, -0.2) is 0 Å². The Morgan fingerprint density at radius 3 is 2.72 bits per heavy atom. The van der Waals surface area contributed by atoms with Gasteiger partial charge in [0, 0.05) is 64.6 Å². The summed E-state index contributed by atoms with van der Waals surface area (Å²) in [5, 5.41) is 4.26. The van der Waals surface area contributed by atoms with Gasteiger partial charge in [0.15, 0.2) is 0 Å². The first kappa shape index (κ1) is 17.9. The SMILES string of the molecule is Cc1ccnn1CCC(=O)N1C[C@H]2CC[C@@H]1CN(CC(=O)N(C)C)C2.